The maximum absolute atomic E-state index is 14.0. The number of phenolic OH excluding ortho intramolecular Hbond substituents is 1. The van der Waals surface area contributed by atoms with Crippen molar-refractivity contribution in [3.8, 4) is 16.9 Å². The molecule has 0 unspecified atom stereocenters. The Bertz CT molecular complexity index is 1010. The molecule has 0 saturated heterocycles. The maximum atomic E-state index is 14.0. The van der Waals surface area contributed by atoms with Gasteiger partial charge in [0, 0.05) is 15.2 Å². The van der Waals surface area contributed by atoms with E-state index in [4.69, 9.17) is 0 Å². The maximum Gasteiger partial charge on any atom is 0.259 e. The molecule has 0 atom stereocenters. The first kappa shape index (κ1) is 18.2. The zero-order chi connectivity index (χ0) is 18.8. The predicted molar refractivity (Wildman–Crippen MR) is 101 cm³/mol. The highest BCUT2D eigenvalue weighted by Crippen LogP contribution is 2.29. The van der Waals surface area contributed by atoms with Crippen molar-refractivity contribution in [1.29, 1.82) is 0 Å². The summed E-state index contributed by atoms with van der Waals surface area (Å²) in [4.78, 5) is 12.4. The lowest BCUT2D eigenvalue weighted by Crippen LogP contribution is -2.13. The van der Waals surface area contributed by atoms with Gasteiger partial charge in [0.2, 0.25) is 0 Å². The van der Waals surface area contributed by atoms with Gasteiger partial charge in [0.05, 0.1) is 11.3 Å². The average molecular weight is 469 g/mol. The van der Waals surface area contributed by atoms with Gasteiger partial charge in [-0.25, -0.2) is 13.2 Å². The number of anilines is 1. The number of halogens is 4. The summed E-state index contributed by atoms with van der Waals surface area (Å²) in [5, 5.41) is 12.3. The molecule has 3 rings (SSSR count). The van der Waals surface area contributed by atoms with E-state index in [2.05, 4.69) is 5.32 Å². The molecule has 0 aliphatic heterocycles. The van der Waals surface area contributed by atoms with Crippen molar-refractivity contribution in [2.45, 2.75) is 0 Å². The van der Waals surface area contributed by atoms with Crippen LogP contribution in [0.15, 0.2) is 54.6 Å². The predicted octanol–water partition coefficient (Wildman–Crippen LogP) is 5.33. The highest BCUT2D eigenvalue weighted by molar-refractivity contribution is 14.1. The van der Waals surface area contributed by atoms with Crippen LogP contribution in [0.25, 0.3) is 11.1 Å². The molecule has 132 valence electrons. The van der Waals surface area contributed by atoms with Crippen LogP contribution in [0, 0.1) is 21.0 Å². The smallest absolute Gasteiger partial charge is 0.259 e. The molecular weight excluding hydrogens is 458 g/mol. The van der Waals surface area contributed by atoms with Crippen molar-refractivity contribution >= 4 is 34.2 Å². The number of carbonyl (C=O) groups is 1. The number of phenols is 1. The number of hydrogen-bond acceptors (Lipinski definition) is 2. The first-order chi connectivity index (χ1) is 12.3. The Morgan fingerprint density at radius 3 is 2.38 bits per heavy atom. The zero-order valence-corrected chi connectivity index (χ0v) is 15.2. The second kappa shape index (κ2) is 7.36. The third kappa shape index (κ3) is 3.82. The van der Waals surface area contributed by atoms with Crippen LogP contribution in [-0.2, 0) is 0 Å². The summed E-state index contributed by atoms with van der Waals surface area (Å²) in [6.07, 6.45) is 0. The molecule has 26 heavy (non-hydrogen) atoms. The van der Waals surface area contributed by atoms with Gasteiger partial charge in [-0.15, -0.1) is 0 Å². The van der Waals surface area contributed by atoms with Gasteiger partial charge in [-0.2, -0.15) is 0 Å². The molecule has 0 radical (unpaired) electrons. The van der Waals surface area contributed by atoms with E-state index in [1.807, 2.05) is 22.6 Å². The van der Waals surface area contributed by atoms with Crippen LogP contribution in [-0.4, -0.2) is 11.0 Å². The molecule has 7 heteroatoms. The quantitative estimate of drug-likeness (QED) is 0.510. The third-order valence-electron chi connectivity index (χ3n) is 3.66. The lowest BCUT2D eigenvalue weighted by Gasteiger charge is -2.10. The van der Waals surface area contributed by atoms with Crippen LogP contribution in [0.1, 0.15) is 10.4 Å². The molecule has 0 spiro atoms. The van der Waals surface area contributed by atoms with E-state index in [0.717, 1.165) is 12.1 Å². The highest BCUT2D eigenvalue weighted by atomic mass is 127. The summed E-state index contributed by atoms with van der Waals surface area (Å²) in [7, 11) is 0. The van der Waals surface area contributed by atoms with Gasteiger partial charge in [0.1, 0.15) is 23.2 Å². The minimum atomic E-state index is -0.800. The first-order valence-electron chi connectivity index (χ1n) is 7.40. The van der Waals surface area contributed by atoms with E-state index in [1.54, 1.807) is 6.07 Å². The van der Waals surface area contributed by atoms with E-state index in [9.17, 15) is 23.1 Å². The molecule has 0 aromatic heterocycles. The molecule has 1 amide bonds. The van der Waals surface area contributed by atoms with Gasteiger partial charge in [0.15, 0.2) is 0 Å². The Hall–Kier alpha value is -2.55. The molecule has 0 fully saturated rings. The van der Waals surface area contributed by atoms with Gasteiger partial charge in [0.25, 0.3) is 5.91 Å². The Morgan fingerprint density at radius 2 is 1.69 bits per heavy atom. The zero-order valence-electron chi connectivity index (χ0n) is 13.1. The van der Waals surface area contributed by atoms with Crippen molar-refractivity contribution in [2.75, 3.05) is 5.32 Å². The number of amides is 1. The lowest BCUT2D eigenvalue weighted by atomic mass is 10.0. The molecule has 3 nitrogen and oxygen atoms in total. The SMILES string of the molecule is O=C(Nc1ccc(I)cc1F)c1cc(-c2ccc(F)cc2F)ccc1O. The van der Waals surface area contributed by atoms with Crippen LogP contribution in [0.3, 0.4) is 0 Å². The number of benzene rings is 3. The molecule has 3 aromatic rings. The monoisotopic (exact) mass is 469 g/mol. The van der Waals surface area contributed by atoms with Crippen molar-refractivity contribution in [1.82, 2.24) is 0 Å². The summed E-state index contributed by atoms with van der Waals surface area (Å²) in [6.45, 7) is 0. The molecule has 0 saturated carbocycles. The number of nitrogens with one attached hydrogen (secondary N) is 1. The van der Waals surface area contributed by atoms with Crippen LogP contribution in [0.4, 0.5) is 18.9 Å². The number of carbonyl (C=O) groups excluding carboxylic acids is 1. The van der Waals surface area contributed by atoms with Gasteiger partial charge >= 0.3 is 0 Å². The van der Waals surface area contributed by atoms with E-state index < -0.39 is 23.4 Å². The molecule has 0 heterocycles. The summed E-state index contributed by atoms with van der Waals surface area (Å²) >= 11 is 1.93. The van der Waals surface area contributed by atoms with E-state index in [1.165, 1.54) is 36.4 Å². The van der Waals surface area contributed by atoms with Gasteiger partial charge in [-0.1, -0.05) is 6.07 Å². The van der Waals surface area contributed by atoms with Crippen molar-refractivity contribution < 1.29 is 23.1 Å². The van der Waals surface area contributed by atoms with Crippen molar-refractivity contribution in [3.63, 3.8) is 0 Å². The number of rotatable bonds is 3. The van der Waals surface area contributed by atoms with Crippen molar-refractivity contribution in [3.05, 3.63) is 81.2 Å². The normalized spacial score (nSPS) is 10.6. The summed E-state index contributed by atoms with van der Waals surface area (Å²) in [5.74, 6) is -3.25. The number of aromatic hydroxyl groups is 1. The molecule has 0 bridgehead atoms. The topological polar surface area (TPSA) is 49.3 Å². The largest absolute Gasteiger partial charge is 0.507 e. The summed E-state index contributed by atoms with van der Waals surface area (Å²) < 4.78 is 41.6. The average Bonchev–Trinajstić information content (AvgIpc) is 2.58. The van der Waals surface area contributed by atoms with E-state index in [-0.39, 0.29) is 28.1 Å². The summed E-state index contributed by atoms with van der Waals surface area (Å²) in [5.41, 5.74) is 0.131. The van der Waals surface area contributed by atoms with Crippen LogP contribution >= 0.6 is 22.6 Å². The van der Waals surface area contributed by atoms with Gasteiger partial charge < -0.3 is 10.4 Å². The fourth-order valence-electron chi connectivity index (χ4n) is 2.39. The van der Waals surface area contributed by atoms with Crippen molar-refractivity contribution in [2.24, 2.45) is 0 Å². The second-order valence-corrected chi connectivity index (χ2v) is 6.68. The molecule has 3 aromatic carbocycles. The second-order valence-electron chi connectivity index (χ2n) is 5.43. The van der Waals surface area contributed by atoms with E-state index in [0.29, 0.717) is 3.57 Å². The molecule has 2 N–H and O–H groups in total. The first-order valence-corrected chi connectivity index (χ1v) is 8.48. The summed E-state index contributed by atoms with van der Waals surface area (Å²) in [6, 6.07) is 11.2. The standard InChI is InChI=1S/C19H11F3INO2/c20-11-2-4-13(15(21)8-11)10-1-6-18(25)14(7-10)19(26)24-17-5-3-12(23)9-16(17)22/h1-9,25H,(H,24,26). The Labute approximate surface area is 160 Å². The number of hydrogen-bond donors (Lipinski definition) is 2. The Morgan fingerprint density at radius 1 is 0.923 bits per heavy atom. The Kier molecular flexibility index (Phi) is 5.17. The van der Waals surface area contributed by atoms with Crippen LogP contribution in [0.2, 0.25) is 0 Å². The Balaban J connectivity index is 1.95. The fourth-order valence-corrected chi connectivity index (χ4v) is 2.84. The fraction of sp³-hybridized carbons (Fsp3) is 0. The molecular formula is C19H11F3INO2. The minimum Gasteiger partial charge on any atom is -0.507 e. The van der Waals surface area contributed by atoms with E-state index >= 15 is 0 Å². The van der Waals surface area contributed by atoms with Gasteiger partial charge in [-0.3, -0.25) is 4.79 Å². The van der Waals surface area contributed by atoms with Crippen LogP contribution in [0.5, 0.6) is 5.75 Å². The molecule has 0 aliphatic carbocycles. The van der Waals surface area contributed by atoms with Crippen LogP contribution < -0.4 is 5.32 Å². The van der Waals surface area contributed by atoms with Gasteiger partial charge in [-0.05, 0) is 70.6 Å². The minimum absolute atomic E-state index is 0.0480. The molecule has 0 aliphatic rings. The highest BCUT2D eigenvalue weighted by Gasteiger charge is 2.16. The third-order valence-corrected chi connectivity index (χ3v) is 4.33. The lowest BCUT2D eigenvalue weighted by molar-refractivity contribution is 0.102.